The Kier molecular flexibility index (Phi) is 4.87. The summed E-state index contributed by atoms with van der Waals surface area (Å²) in [5.41, 5.74) is 4.64. The van der Waals surface area contributed by atoms with Gasteiger partial charge in [-0.2, -0.15) is 0 Å². The van der Waals surface area contributed by atoms with Gasteiger partial charge in [-0.15, -0.1) is 0 Å². The standard InChI is InChI=1S/C15H24/c1-12(2)15-10-8-13(3)6-5-7-14(4)9-11-15/h6,9,11-12H,5,7-8,10H2,1-4H3/b13-6+,14-9+,15-11+. The van der Waals surface area contributed by atoms with Gasteiger partial charge in [-0.1, -0.05) is 48.8 Å². The van der Waals surface area contributed by atoms with Crippen LogP contribution in [0.15, 0.2) is 34.9 Å². The van der Waals surface area contributed by atoms with E-state index in [2.05, 4.69) is 45.9 Å². The molecule has 0 aromatic rings. The minimum atomic E-state index is 0.682. The molecule has 1 aliphatic carbocycles. The zero-order valence-electron chi connectivity index (χ0n) is 10.6. The molecule has 0 aliphatic heterocycles. The molecule has 15 heavy (non-hydrogen) atoms. The van der Waals surface area contributed by atoms with Gasteiger partial charge in [-0.3, -0.25) is 0 Å². The second-order valence-corrected chi connectivity index (χ2v) is 5.00. The minimum Gasteiger partial charge on any atom is -0.0853 e. The summed E-state index contributed by atoms with van der Waals surface area (Å²) < 4.78 is 0. The highest BCUT2D eigenvalue weighted by molar-refractivity contribution is 5.20. The molecule has 0 unspecified atom stereocenters. The highest BCUT2D eigenvalue weighted by Gasteiger charge is 2.04. The Morgan fingerprint density at radius 1 is 0.933 bits per heavy atom. The molecule has 0 spiro atoms. The molecule has 0 heterocycles. The summed E-state index contributed by atoms with van der Waals surface area (Å²) in [6.07, 6.45) is 11.9. The Labute approximate surface area is 94.8 Å². The lowest BCUT2D eigenvalue weighted by atomic mass is 9.94. The van der Waals surface area contributed by atoms with Crippen LogP contribution in [0.4, 0.5) is 0 Å². The monoisotopic (exact) mass is 204 g/mol. The van der Waals surface area contributed by atoms with Crippen LogP contribution in [0, 0.1) is 5.92 Å². The zero-order valence-corrected chi connectivity index (χ0v) is 10.6. The van der Waals surface area contributed by atoms with Crippen LogP contribution in [0.2, 0.25) is 0 Å². The van der Waals surface area contributed by atoms with E-state index in [0.717, 1.165) is 0 Å². The van der Waals surface area contributed by atoms with Gasteiger partial charge in [-0.25, -0.2) is 0 Å². The molecule has 0 aromatic carbocycles. The van der Waals surface area contributed by atoms with Crippen molar-refractivity contribution in [2.24, 2.45) is 5.92 Å². The van der Waals surface area contributed by atoms with E-state index in [0.29, 0.717) is 5.92 Å². The lowest BCUT2D eigenvalue weighted by Crippen LogP contribution is -1.95. The van der Waals surface area contributed by atoms with Crippen LogP contribution in [0.5, 0.6) is 0 Å². The average Bonchev–Trinajstić information content (AvgIpc) is 2.16. The number of allylic oxidation sites excluding steroid dienone is 6. The molecule has 0 N–H and O–H groups in total. The zero-order chi connectivity index (χ0) is 11.3. The highest BCUT2D eigenvalue weighted by atomic mass is 14.1. The molecule has 0 atom stereocenters. The first kappa shape index (κ1) is 12.3. The van der Waals surface area contributed by atoms with Crippen LogP contribution in [0.1, 0.15) is 53.4 Å². The fourth-order valence-corrected chi connectivity index (χ4v) is 1.89. The third-order valence-corrected chi connectivity index (χ3v) is 3.16. The smallest absolute Gasteiger partial charge is 0.0257 e. The SMILES string of the molecule is C/C1=C\C=C(\C(C)C)CC/C(C)=C/CC1. The molecule has 0 saturated carbocycles. The van der Waals surface area contributed by atoms with Crippen LogP contribution >= 0.6 is 0 Å². The lowest BCUT2D eigenvalue weighted by molar-refractivity contribution is 0.705. The van der Waals surface area contributed by atoms with Crippen molar-refractivity contribution in [1.82, 2.24) is 0 Å². The first-order valence-electron chi connectivity index (χ1n) is 6.11. The van der Waals surface area contributed by atoms with Crippen molar-refractivity contribution in [3.63, 3.8) is 0 Å². The van der Waals surface area contributed by atoms with Crippen molar-refractivity contribution < 1.29 is 0 Å². The Morgan fingerprint density at radius 3 is 2.33 bits per heavy atom. The summed E-state index contributed by atoms with van der Waals surface area (Å²) in [6, 6.07) is 0. The van der Waals surface area contributed by atoms with E-state index in [-0.39, 0.29) is 0 Å². The van der Waals surface area contributed by atoms with Crippen molar-refractivity contribution in [2.45, 2.75) is 53.4 Å². The van der Waals surface area contributed by atoms with Crippen molar-refractivity contribution in [2.75, 3.05) is 0 Å². The summed E-state index contributed by atoms with van der Waals surface area (Å²) in [5.74, 6) is 0.682. The third-order valence-electron chi connectivity index (χ3n) is 3.16. The molecule has 0 fully saturated rings. The van der Waals surface area contributed by atoms with Gasteiger partial charge >= 0.3 is 0 Å². The largest absolute Gasteiger partial charge is 0.0853 e. The average molecular weight is 204 g/mol. The predicted molar refractivity (Wildman–Crippen MR) is 68.9 cm³/mol. The molecule has 0 bridgehead atoms. The van der Waals surface area contributed by atoms with Gasteiger partial charge < -0.3 is 0 Å². The number of hydrogen-bond acceptors (Lipinski definition) is 0. The van der Waals surface area contributed by atoms with Crippen LogP contribution in [0.25, 0.3) is 0 Å². The van der Waals surface area contributed by atoms with Gasteiger partial charge in [0.15, 0.2) is 0 Å². The fourth-order valence-electron chi connectivity index (χ4n) is 1.89. The lowest BCUT2D eigenvalue weighted by Gasteiger charge is -2.12. The molecule has 0 radical (unpaired) electrons. The minimum absolute atomic E-state index is 0.682. The molecule has 0 nitrogen and oxygen atoms in total. The molecule has 0 aromatic heterocycles. The van der Waals surface area contributed by atoms with Crippen molar-refractivity contribution in [3.05, 3.63) is 34.9 Å². The maximum absolute atomic E-state index is 2.40. The summed E-state index contributed by atoms with van der Waals surface area (Å²) in [7, 11) is 0. The van der Waals surface area contributed by atoms with Gasteiger partial charge in [0.05, 0.1) is 0 Å². The number of hydrogen-bond donors (Lipinski definition) is 0. The fraction of sp³-hybridized carbons (Fsp3) is 0.600. The van der Waals surface area contributed by atoms with Crippen molar-refractivity contribution in [1.29, 1.82) is 0 Å². The maximum atomic E-state index is 2.40. The van der Waals surface area contributed by atoms with Gasteiger partial charge in [0, 0.05) is 0 Å². The van der Waals surface area contributed by atoms with E-state index < -0.39 is 0 Å². The molecular formula is C15H24. The van der Waals surface area contributed by atoms with Crippen molar-refractivity contribution in [3.8, 4) is 0 Å². The second kappa shape index (κ2) is 5.95. The summed E-state index contributed by atoms with van der Waals surface area (Å²) >= 11 is 0. The maximum Gasteiger partial charge on any atom is -0.0257 e. The van der Waals surface area contributed by atoms with E-state index in [4.69, 9.17) is 0 Å². The molecule has 0 saturated heterocycles. The summed E-state index contributed by atoms with van der Waals surface area (Å²) in [5, 5.41) is 0. The third kappa shape index (κ3) is 4.51. The van der Waals surface area contributed by atoms with Gasteiger partial charge in [-0.05, 0) is 45.4 Å². The van der Waals surface area contributed by atoms with E-state index in [9.17, 15) is 0 Å². The van der Waals surface area contributed by atoms with Crippen LogP contribution < -0.4 is 0 Å². The second-order valence-electron chi connectivity index (χ2n) is 5.00. The van der Waals surface area contributed by atoms with Gasteiger partial charge in [0.1, 0.15) is 0 Å². The van der Waals surface area contributed by atoms with Crippen LogP contribution in [0.3, 0.4) is 0 Å². The number of rotatable bonds is 1. The molecule has 84 valence electrons. The van der Waals surface area contributed by atoms with Gasteiger partial charge in [0.2, 0.25) is 0 Å². The molecule has 1 aliphatic rings. The topological polar surface area (TPSA) is 0 Å². The summed E-state index contributed by atoms with van der Waals surface area (Å²) in [4.78, 5) is 0. The van der Waals surface area contributed by atoms with Crippen LogP contribution in [-0.2, 0) is 0 Å². The van der Waals surface area contributed by atoms with Crippen LogP contribution in [-0.4, -0.2) is 0 Å². The molecule has 0 amide bonds. The highest BCUT2D eigenvalue weighted by Crippen LogP contribution is 2.21. The van der Waals surface area contributed by atoms with E-state index >= 15 is 0 Å². The predicted octanol–water partition coefficient (Wildman–Crippen LogP) is 5.04. The Morgan fingerprint density at radius 2 is 1.67 bits per heavy atom. The Bertz CT molecular complexity index is 287. The molecule has 0 heteroatoms. The molecular weight excluding hydrogens is 180 g/mol. The first-order valence-corrected chi connectivity index (χ1v) is 6.11. The van der Waals surface area contributed by atoms with Crippen molar-refractivity contribution >= 4 is 0 Å². The summed E-state index contributed by atoms with van der Waals surface area (Å²) in [6.45, 7) is 9.08. The first-order chi connectivity index (χ1) is 7.09. The van der Waals surface area contributed by atoms with E-state index in [1.54, 1.807) is 11.1 Å². The van der Waals surface area contributed by atoms with Gasteiger partial charge in [0.25, 0.3) is 0 Å². The Hall–Kier alpha value is -0.780. The Balaban J connectivity index is 2.83. The van der Waals surface area contributed by atoms with E-state index in [1.807, 2.05) is 0 Å². The normalized spacial score (nSPS) is 29.8. The molecule has 1 rings (SSSR count). The quantitative estimate of drug-likeness (QED) is 0.525. The van der Waals surface area contributed by atoms with E-state index in [1.165, 1.54) is 31.3 Å².